The Morgan fingerprint density at radius 2 is 1.53 bits per heavy atom. The summed E-state index contributed by atoms with van der Waals surface area (Å²) in [7, 11) is 0. The molecule has 0 spiro atoms. The lowest BCUT2D eigenvalue weighted by atomic mass is 9.94. The van der Waals surface area contributed by atoms with Gasteiger partial charge in [-0.3, -0.25) is 14.4 Å². The number of ketones is 2. The summed E-state index contributed by atoms with van der Waals surface area (Å²) in [6.07, 6.45) is -0.541. The highest BCUT2D eigenvalue weighted by Gasteiger charge is 2.17. The van der Waals surface area contributed by atoms with Crippen LogP contribution in [-0.2, 0) is 9.59 Å². The Kier molecular flexibility index (Phi) is 4.98. The Balaban J connectivity index is 2.79. The Bertz CT molecular complexity index is 506. The summed E-state index contributed by atoms with van der Waals surface area (Å²) in [4.78, 5) is 34.0. The van der Waals surface area contributed by atoms with E-state index >= 15 is 0 Å². The lowest BCUT2D eigenvalue weighted by Gasteiger charge is -2.09. The highest BCUT2D eigenvalue weighted by molar-refractivity contribution is 6.09. The van der Waals surface area contributed by atoms with Crippen molar-refractivity contribution in [3.8, 4) is 0 Å². The van der Waals surface area contributed by atoms with E-state index in [4.69, 9.17) is 5.11 Å². The van der Waals surface area contributed by atoms with Crippen LogP contribution in [0.2, 0.25) is 0 Å². The molecule has 1 N–H and O–H groups in total. The molecule has 0 amide bonds. The van der Waals surface area contributed by atoms with Gasteiger partial charge in [0.25, 0.3) is 0 Å². The first-order chi connectivity index (χ1) is 8.81. The summed E-state index contributed by atoms with van der Waals surface area (Å²) in [6.45, 7) is 5.64. The number of benzene rings is 1. The monoisotopic (exact) mass is 262 g/mol. The molecule has 4 nitrogen and oxygen atoms in total. The fraction of sp³-hybridized carbons (Fsp3) is 0.400. The van der Waals surface area contributed by atoms with Gasteiger partial charge in [-0.2, -0.15) is 0 Å². The number of carboxylic acids is 1. The highest BCUT2D eigenvalue weighted by atomic mass is 16.4. The van der Waals surface area contributed by atoms with Crippen molar-refractivity contribution in [3.63, 3.8) is 0 Å². The van der Waals surface area contributed by atoms with Gasteiger partial charge in [0.05, 0.1) is 12.8 Å². The summed E-state index contributed by atoms with van der Waals surface area (Å²) in [6, 6.07) is 3.81. The average Bonchev–Trinajstić information content (AvgIpc) is 2.24. The van der Waals surface area contributed by atoms with Gasteiger partial charge in [-0.05, 0) is 31.9 Å². The zero-order valence-electron chi connectivity index (χ0n) is 11.4. The van der Waals surface area contributed by atoms with E-state index in [1.165, 1.54) is 0 Å². The second-order valence-corrected chi connectivity index (χ2v) is 4.81. The van der Waals surface area contributed by atoms with Crippen molar-refractivity contribution in [1.29, 1.82) is 0 Å². The molecule has 19 heavy (non-hydrogen) atoms. The number of carbonyl (C=O) groups is 3. The number of carboxylic acid groups (broad SMARTS) is 1. The SMILES string of the molecule is Cc1cc(C)c(C(=O)CC(=O)CCC(=O)O)c(C)c1. The average molecular weight is 262 g/mol. The molecular formula is C15H18O4. The number of aliphatic carboxylic acids is 1. The van der Waals surface area contributed by atoms with Gasteiger partial charge >= 0.3 is 5.97 Å². The van der Waals surface area contributed by atoms with E-state index in [1.54, 1.807) is 0 Å². The van der Waals surface area contributed by atoms with E-state index in [0.717, 1.165) is 16.7 Å². The molecule has 0 aliphatic heterocycles. The molecular weight excluding hydrogens is 244 g/mol. The first-order valence-corrected chi connectivity index (χ1v) is 6.15. The maximum Gasteiger partial charge on any atom is 0.303 e. The second kappa shape index (κ2) is 6.27. The predicted octanol–water partition coefficient (Wildman–Crippen LogP) is 2.62. The summed E-state index contributed by atoms with van der Waals surface area (Å²) in [5, 5.41) is 8.50. The van der Waals surface area contributed by atoms with Crippen LogP contribution in [0.15, 0.2) is 12.1 Å². The van der Waals surface area contributed by atoms with Gasteiger partial charge in [0, 0.05) is 12.0 Å². The third kappa shape index (κ3) is 4.32. The van der Waals surface area contributed by atoms with Crippen LogP contribution in [-0.4, -0.2) is 22.6 Å². The maximum absolute atomic E-state index is 12.1. The largest absolute Gasteiger partial charge is 0.481 e. The first kappa shape index (κ1) is 15.1. The molecule has 1 aromatic rings. The Morgan fingerprint density at radius 3 is 2.00 bits per heavy atom. The van der Waals surface area contributed by atoms with Crippen LogP contribution in [0.4, 0.5) is 0 Å². The quantitative estimate of drug-likeness (QED) is 0.632. The fourth-order valence-electron chi connectivity index (χ4n) is 2.22. The molecule has 0 unspecified atom stereocenters. The van der Waals surface area contributed by atoms with Crippen LogP contribution in [0.25, 0.3) is 0 Å². The van der Waals surface area contributed by atoms with Gasteiger partial charge in [-0.15, -0.1) is 0 Å². The molecule has 0 atom stereocenters. The summed E-state index contributed by atoms with van der Waals surface area (Å²) in [5.74, 6) is -1.58. The molecule has 0 fully saturated rings. The molecule has 0 radical (unpaired) electrons. The second-order valence-electron chi connectivity index (χ2n) is 4.81. The van der Waals surface area contributed by atoms with Crippen LogP contribution in [0.3, 0.4) is 0 Å². The van der Waals surface area contributed by atoms with Crippen molar-refractivity contribution in [3.05, 3.63) is 34.4 Å². The van der Waals surface area contributed by atoms with Gasteiger partial charge < -0.3 is 5.11 Å². The molecule has 0 aliphatic carbocycles. The Morgan fingerprint density at radius 1 is 1.00 bits per heavy atom. The number of aryl methyl sites for hydroxylation is 3. The number of hydrogen-bond acceptors (Lipinski definition) is 3. The van der Waals surface area contributed by atoms with Crippen molar-refractivity contribution < 1.29 is 19.5 Å². The number of Topliss-reactive ketones (excluding diaryl/α,β-unsaturated/α-hetero) is 2. The molecule has 1 rings (SSSR count). The van der Waals surface area contributed by atoms with Crippen LogP contribution in [0, 0.1) is 20.8 Å². The zero-order chi connectivity index (χ0) is 14.6. The highest BCUT2D eigenvalue weighted by Crippen LogP contribution is 2.18. The minimum absolute atomic E-state index is 0.0922. The van der Waals surface area contributed by atoms with E-state index in [0.29, 0.717) is 5.56 Å². The topological polar surface area (TPSA) is 71.4 Å². The van der Waals surface area contributed by atoms with Crippen LogP contribution in [0.1, 0.15) is 46.3 Å². The predicted molar refractivity (Wildman–Crippen MR) is 71.5 cm³/mol. The Hall–Kier alpha value is -1.97. The number of rotatable bonds is 6. The third-order valence-corrected chi connectivity index (χ3v) is 2.93. The van der Waals surface area contributed by atoms with E-state index < -0.39 is 5.97 Å². The van der Waals surface area contributed by atoms with Gasteiger partial charge in [0.2, 0.25) is 0 Å². The Labute approximate surface area is 112 Å². The molecule has 0 heterocycles. The van der Waals surface area contributed by atoms with E-state index in [1.807, 2.05) is 32.9 Å². The lowest BCUT2D eigenvalue weighted by molar-refractivity contribution is -0.138. The molecule has 0 saturated heterocycles. The van der Waals surface area contributed by atoms with E-state index in [-0.39, 0.29) is 30.8 Å². The smallest absolute Gasteiger partial charge is 0.303 e. The van der Waals surface area contributed by atoms with Crippen molar-refractivity contribution in [1.82, 2.24) is 0 Å². The summed E-state index contributed by atoms with van der Waals surface area (Å²) >= 11 is 0. The molecule has 102 valence electrons. The minimum atomic E-state index is -1.02. The van der Waals surface area contributed by atoms with Gasteiger partial charge in [0.15, 0.2) is 5.78 Å². The van der Waals surface area contributed by atoms with Crippen molar-refractivity contribution >= 4 is 17.5 Å². The maximum atomic E-state index is 12.1. The molecule has 4 heteroatoms. The van der Waals surface area contributed by atoms with Crippen LogP contribution < -0.4 is 0 Å². The lowest BCUT2D eigenvalue weighted by Crippen LogP contribution is -2.12. The molecule has 0 aliphatic rings. The van der Waals surface area contributed by atoms with Crippen molar-refractivity contribution in [2.45, 2.75) is 40.0 Å². The summed E-state index contributed by atoms with van der Waals surface area (Å²) in [5.41, 5.74) is 3.36. The zero-order valence-corrected chi connectivity index (χ0v) is 11.4. The summed E-state index contributed by atoms with van der Waals surface area (Å²) < 4.78 is 0. The van der Waals surface area contributed by atoms with Gasteiger partial charge in [-0.25, -0.2) is 0 Å². The van der Waals surface area contributed by atoms with Crippen molar-refractivity contribution in [2.24, 2.45) is 0 Å². The standard InChI is InChI=1S/C15H18O4/c1-9-6-10(2)15(11(3)7-9)13(17)8-12(16)4-5-14(18)19/h6-7H,4-5,8H2,1-3H3,(H,18,19). The molecule has 0 bridgehead atoms. The van der Waals surface area contributed by atoms with Crippen molar-refractivity contribution in [2.75, 3.05) is 0 Å². The first-order valence-electron chi connectivity index (χ1n) is 6.15. The van der Waals surface area contributed by atoms with Gasteiger partial charge in [-0.1, -0.05) is 17.7 Å². The minimum Gasteiger partial charge on any atom is -0.481 e. The third-order valence-electron chi connectivity index (χ3n) is 2.93. The number of hydrogen-bond donors (Lipinski definition) is 1. The molecule has 1 aromatic carbocycles. The van der Waals surface area contributed by atoms with E-state index in [9.17, 15) is 14.4 Å². The normalized spacial score (nSPS) is 10.3. The molecule has 0 aromatic heterocycles. The van der Waals surface area contributed by atoms with E-state index in [2.05, 4.69) is 0 Å². The fourth-order valence-corrected chi connectivity index (χ4v) is 2.22. The molecule has 0 saturated carbocycles. The van der Waals surface area contributed by atoms with Gasteiger partial charge in [0.1, 0.15) is 5.78 Å². The number of carbonyl (C=O) groups excluding carboxylic acids is 2. The van der Waals surface area contributed by atoms with Crippen LogP contribution in [0.5, 0.6) is 0 Å². The van der Waals surface area contributed by atoms with Crippen LogP contribution >= 0.6 is 0 Å².